The third kappa shape index (κ3) is 4.80. The van der Waals surface area contributed by atoms with Gasteiger partial charge in [0.25, 0.3) is 0 Å². The van der Waals surface area contributed by atoms with Gasteiger partial charge in [0.2, 0.25) is 0 Å². The first-order valence-electron chi connectivity index (χ1n) is 5.66. The van der Waals surface area contributed by atoms with Crippen LogP contribution in [0.25, 0.3) is 0 Å². The van der Waals surface area contributed by atoms with Gasteiger partial charge in [0.1, 0.15) is 5.15 Å². The van der Waals surface area contributed by atoms with Crippen LogP contribution in [0.2, 0.25) is 10.2 Å². The van der Waals surface area contributed by atoms with Crippen molar-refractivity contribution in [1.82, 2.24) is 9.88 Å². The predicted octanol–water partition coefficient (Wildman–Crippen LogP) is 2.77. The molecule has 1 aromatic rings. The average molecular weight is 291 g/mol. The summed E-state index contributed by atoms with van der Waals surface area (Å²) in [5.41, 5.74) is 0.896. The van der Waals surface area contributed by atoms with E-state index in [9.17, 15) is 4.79 Å². The molecule has 6 heteroatoms. The minimum atomic E-state index is -0.214. The van der Waals surface area contributed by atoms with Gasteiger partial charge in [0, 0.05) is 29.9 Å². The molecule has 1 heterocycles. The second-order valence-electron chi connectivity index (χ2n) is 3.79. The van der Waals surface area contributed by atoms with Crippen LogP contribution in [0.5, 0.6) is 0 Å². The molecule has 0 spiro atoms. The number of hydrogen-bond donors (Lipinski definition) is 0. The van der Waals surface area contributed by atoms with E-state index in [0.29, 0.717) is 29.7 Å². The van der Waals surface area contributed by atoms with Crippen molar-refractivity contribution < 1.29 is 9.53 Å². The number of nitrogens with zero attached hydrogens (tertiary/aromatic N) is 2. The summed E-state index contributed by atoms with van der Waals surface area (Å²) in [6, 6.07) is 1.62. The summed E-state index contributed by atoms with van der Waals surface area (Å²) in [5, 5.41) is 0.966. The van der Waals surface area contributed by atoms with E-state index < -0.39 is 0 Å². The lowest BCUT2D eigenvalue weighted by molar-refractivity contribution is -0.141. The van der Waals surface area contributed by atoms with Crippen molar-refractivity contribution in [3.8, 4) is 0 Å². The predicted molar refractivity (Wildman–Crippen MR) is 71.8 cm³/mol. The summed E-state index contributed by atoms with van der Waals surface area (Å²) >= 11 is 11.8. The lowest BCUT2D eigenvalue weighted by atomic mass is 10.2. The Labute approximate surface area is 117 Å². The van der Waals surface area contributed by atoms with Gasteiger partial charge in [-0.2, -0.15) is 0 Å². The molecule has 0 fully saturated rings. The average Bonchev–Trinajstić information content (AvgIpc) is 2.36. The first kappa shape index (κ1) is 15.2. The molecule has 0 aromatic carbocycles. The van der Waals surface area contributed by atoms with Crippen molar-refractivity contribution >= 4 is 29.2 Å². The van der Waals surface area contributed by atoms with Crippen LogP contribution >= 0.6 is 23.2 Å². The van der Waals surface area contributed by atoms with Crippen LogP contribution < -0.4 is 0 Å². The first-order valence-corrected chi connectivity index (χ1v) is 6.41. The van der Waals surface area contributed by atoms with Crippen LogP contribution in [0.15, 0.2) is 12.3 Å². The molecule has 0 unspecified atom stereocenters. The zero-order chi connectivity index (χ0) is 13.5. The van der Waals surface area contributed by atoms with Gasteiger partial charge in [-0.25, -0.2) is 4.98 Å². The van der Waals surface area contributed by atoms with Gasteiger partial charge in [0.05, 0.1) is 13.5 Å². The Morgan fingerprint density at radius 1 is 1.50 bits per heavy atom. The monoisotopic (exact) mass is 290 g/mol. The van der Waals surface area contributed by atoms with E-state index >= 15 is 0 Å². The van der Waals surface area contributed by atoms with Crippen molar-refractivity contribution in [3.63, 3.8) is 0 Å². The Bertz CT molecular complexity index is 413. The lowest BCUT2D eigenvalue weighted by Crippen LogP contribution is -2.26. The molecule has 100 valence electrons. The molecular weight excluding hydrogens is 275 g/mol. The number of aromatic nitrogens is 1. The van der Waals surface area contributed by atoms with Crippen molar-refractivity contribution in [1.29, 1.82) is 0 Å². The maximum atomic E-state index is 11.1. The van der Waals surface area contributed by atoms with Gasteiger partial charge in [0.15, 0.2) is 0 Å². The summed E-state index contributed by atoms with van der Waals surface area (Å²) in [7, 11) is 1.39. The highest BCUT2D eigenvalue weighted by Crippen LogP contribution is 2.20. The van der Waals surface area contributed by atoms with E-state index in [0.717, 1.165) is 12.1 Å². The van der Waals surface area contributed by atoms with E-state index in [4.69, 9.17) is 23.2 Å². The Hall–Kier alpha value is -0.840. The number of halogens is 2. The molecule has 0 bridgehead atoms. The topological polar surface area (TPSA) is 42.4 Å². The molecule has 0 aliphatic carbocycles. The molecule has 0 saturated carbocycles. The highest BCUT2D eigenvalue weighted by molar-refractivity contribution is 6.34. The Morgan fingerprint density at radius 2 is 2.22 bits per heavy atom. The van der Waals surface area contributed by atoms with E-state index in [-0.39, 0.29) is 5.97 Å². The fraction of sp³-hybridized carbons (Fsp3) is 0.500. The number of esters is 1. The standard InChI is InChI=1S/C12H16Cl2N2O2/c1-3-16(5-4-12(17)18-2)8-9-7-15-11(14)6-10(9)13/h6-7H,3-5,8H2,1-2H3. The fourth-order valence-corrected chi connectivity index (χ4v) is 1.92. The first-order chi connectivity index (χ1) is 8.56. The van der Waals surface area contributed by atoms with Crippen LogP contribution in [-0.4, -0.2) is 36.1 Å². The molecule has 0 aliphatic rings. The molecule has 0 saturated heterocycles. The van der Waals surface area contributed by atoms with Crippen molar-refractivity contribution in [2.45, 2.75) is 19.9 Å². The number of hydrogen-bond acceptors (Lipinski definition) is 4. The second-order valence-corrected chi connectivity index (χ2v) is 4.59. The third-order valence-corrected chi connectivity index (χ3v) is 3.16. The molecule has 18 heavy (non-hydrogen) atoms. The summed E-state index contributed by atoms with van der Waals surface area (Å²) in [6.45, 7) is 4.10. The smallest absolute Gasteiger partial charge is 0.306 e. The van der Waals surface area contributed by atoms with Gasteiger partial charge in [-0.05, 0) is 12.6 Å². The molecule has 4 nitrogen and oxygen atoms in total. The number of methoxy groups -OCH3 is 1. The maximum absolute atomic E-state index is 11.1. The number of carbonyl (C=O) groups excluding carboxylic acids is 1. The zero-order valence-corrected chi connectivity index (χ0v) is 12.0. The van der Waals surface area contributed by atoms with E-state index in [2.05, 4.69) is 14.6 Å². The van der Waals surface area contributed by atoms with Crippen LogP contribution in [0.1, 0.15) is 18.9 Å². The normalized spacial score (nSPS) is 10.7. The molecule has 1 rings (SSSR count). The SMILES string of the molecule is CCN(CCC(=O)OC)Cc1cnc(Cl)cc1Cl. The maximum Gasteiger partial charge on any atom is 0.306 e. The second kappa shape index (κ2) is 7.56. The van der Waals surface area contributed by atoms with E-state index in [1.807, 2.05) is 6.92 Å². The Balaban J connectivity index is 2.59. The van der Waals surface area contributed by atoms with Crippen LogP contribution in [0, 0.1) is 0 Å². The number of carbonyl (C=O) groups is 1. The lowest BCUT2D eigenvalue weighted by Gasteiger charge is -2.20. The van der Waals surface area contributed by atoms with Gasteiger partial charge in [-0.15, -0.1) is 0 Å². The molecular formula is C12H16Cl2N2O2. The van der Waals surface area contributed by atoms with Gasteiger partial charge in [-0.3, -0.25) is 9.69 Å². The Kier molecular flexibility index (Phi) is 6.39. The van der Waals surface area contributed by atoms with Crippen LogP contribution in [0.4, 0.5) is 0 Å². The largest absolute Gasteiger partial charge is 0.469 e. The van der Waals surface area contributed by atoms with Crippen molar-refractivity contribution in [2.24, 2.45) is 0 Å². The van der Waals surface area contributed by atoms with Crippen molar-refractivity contribution in [2.75, 3.05) is 20.2 Å². The molecule has 0 aliphatic heterocycles. The minimum Gasteiger partial charge on any atom is -0.469 e. The number of rotatable bonds is 6. The van der Waals surface area contributed by atoms with Crippen LogP contribution in [0.3, 0.4) is 0 Å². The highest BCUT2D eigenvalue weighted by Gasteiger charge is 2.10. The van der Waals surface area contributed by atoms with Crippen LogP contribution in [-0.2, 0) is 16.1 Å². The summed E-state index contributed by atoms with van der Waals surface area (Å²) in [5.74, 6) is -0.214. The fourth-order valence-electron chi connectivity index (χ4n) is 1.49. The Morgan fingerprint density at radius 3 is 2.78 bits per heavy atom. The van der Waals surface area contributed by atoms with E-state index in [1.165, 1.54) is 7.11 Å². The minimum absolute atomic E-state index is 0.214. The van der Waals surface area contributed by atoms with Gasteiger partial charge < -0.3 is 4.74 Å². The molecule has 0 radical (unpaired) electrons. The summed E-state index contributed by atoms with van der Waals surface area (Å²) in [4.78, 5) is 17.2. The number of ether oxygens (including phenoxy) is 1. The van der Waals surface area contributed by atoms with Gasteiger partial charge in [-0.1, -0.05) is 30.1 Å². The summed E-state index contributed by atoms with van der Waals surface area (Å²) < 4.78 is 4.61. The molecule has 0 amide bonds. The van der Waals surface area contributed by atoms with Gasteiger partial charge >= 0.3 is 5.97 Å². The molecule has 1 aromatic heterocycles. The number of pyridine rings is 1. The zero-order valence-electron chi connectivity index (χ0n) is 10.4. The summed E-state index contributed by atoms with van der Waals surface area (Å²) in [6.07, 6.45) is 2.02. The van der Waals surface area contributed by atoms with E-state index in [1.54, 1.807) is 12.3 Å². The quantitative estimate of drug-likeness (QED) is 0.597. The third-order valence-electron chi connectivity index (χ3n) is 2.60. The molecule has 0 atom stereocenters. The highest BCUT2D eigenvalue weighted by atomic mass is 35.5. The van der Waals surface area contributed by atoms with Crippen molar-refractivity contribution in [3.05, 3.63) is 28.0 Å². The molecule has 0 N–H and O–H groups in total.